The quantitative estimate of drug-likeness (QED) is 0.602. The number of imidazole rings is 1. The van der Waals surface area contributed by atoms with Gasteiger partial charge in [-0.05, 0) is 18.3 Å². The summed E-state index contributed by atoms with van der Waals surface area (Å²) in [5.41, 5.74) is 6.25. The lowest BCUT2D eigenvalue weighted by molar-refractivity contribution is -0.144. The zero-order valence-corrected chi connectivity index (χ0v) is 16.2. The third kappa shape index (κ3) is 4.14. The predicted octanol–water partition coefficient (Wildman–Crippen LogP) is -0.0814. The van der Waals surface area contributed by atoms with Crippen molar-refractivity contribution in [1.82, 2.24) is 20.2 Å². The Kier molecular flexibility index (Phi) is 5.64. The van der Waals surface area contributed by atoms with E-state index in [4.69, 9.17) is 5.73 Å². The minimum absolute atomic E-state index is 0.0370. The number of imide groups is 1. The number of nitrogens with two attached hydrogens (primary N) is 1. The van der Waals surface area contributed by atoms with Crippen LogP contribution in [0.5, 0.6) is 0 Å². The fourth-order valence-corrected chi connectivity index (χ4v) is 4.09. The van der Waals surface area contributed by atoms with E-state index in [0.717, 1.165) is 0 Å². The minimum atomic E-state index is -0.823. The largest absolute Gasteiger partial charge is 0.351 e. The lowest BCUT2D eigenvalue weighted by Gasteiger charge is -2.32. The van der Waals surface area contributed by atoms with Crippen LogP contribution in [0.15, 0.2) is 12.5 Å². The van der Waals surface area contributed by atoms with Crippen molar-refractivity contribution in [1.29, 1.82) is 0 Å². The molecule has 0 unspecified atom stereocenters. The molecule has 152 valence electrons. The molecule has 0 radical (unpaired) electrons. The predicted molar refractivity (Wildman–Crippen MR) is 99.7 cm³/mol. The highest BCUT2D eigenvalue weighted by Gasteiger charge is 2.48. The Bertz CT molecular complexity index is 773. The molecule has 2 fully saturated rings. The van der Waals surface area contributed by atoms with E-state index >= 15 is 0 Å². The number of ketones is 1. The van der Waals surface area contributed by atoms with Crippen LogP contribution in [0.2, 0.25) is 0 Å². The van der Waals surface area contributed by atoms with Crippen LogP contribution < -0.4 is 11.1 Å². The van der Waals surface area contributed by atoms with Gasteiger partial charge in [0.05, 0.1) is 18.1 Å². The molecule has 1 aliphatic carbocycles. The molecular formula is C19H27N5O4. The zero-order chi connectivity index (χ0) is 20.5. The van der Waals surface area contributed by atoms with Gasteiger partial charge in [0.25, 0.3) is 0 Å². The lowest BCUT2D eigenvalue weighted by Crippen LogP contribution is -2.56. The third-order valence-corrected chi connectivity index (χ3v) is 5.74. The maximum Gasteiger partial charge on any atom is 0.249 e. The van der Waals surface area contributed by atoms with Crippen LogP contribution in [0, 0.1) is 11.3 Å². The molecule has 3 rings (SSSR count). The van der Waals surface area contributed by atoms with Crippen molar-refractivity contribution >= 4 is 23.5 Å². The standard InChI is InChI=1S/C19H27N5O4/c1-19(2)5-6-24(18(28)14(20)8-12-9-21-10-22-12)15(19)17(27)23-16(26)11-3-4-13(25)7-11/h9-11,14-15H,3-8,20H2,1-2H3,(H,21,22)(H,23,26,27)/t11-,14+,15-/m1/s1. The molecule has 9 nitrogen and oxygen atoms in total. The number of nitrogens with zero attached hydrogens (tertiary/aromatic N) is 2. The molecule has 2 heterocycles. The first kappa shape index (κ1) is 20.2. The molecular weight excluding hydrogens is 362 g/mol. The fraction of sp³-hybridized carbons (Fsp3) is 0.632. The number of nitrogens with one attached hydrogen (secondary N) is 2. The molecule has 1 saturated carbocycles. The van der Waals surface area contributed by atoms with Gasteiger partial charge in [-0.1, -0.05) is 13.8 Å². The van der Waals surface area contributed by atoms with E-state index in [-0.39, 0.29) is 24.5 Å². The number of aromatic amines is 1. The summed E-state index contributed by atoms with van der Waals surface area (Å²) >= 11 is 0. The van der Waals surface area contributed by atoms with Crippen molar-refractivity contribution < 1.29 is 19.2 Å². The summed E-state index contributed by atoms with van der Waals surface area (Å²) in [5.74, 6) is -1.71. The van der Waals surface area contributed by atoms with Gasteiger partial charge in [0.1, 0.15) is 11.8 Å². The molecule has 0 bridgehead atoms. The zero-order valence-electron chi connectivity index (χ0n) is 16.2. The highest BCUT2D eigenvalue weighted by atomic mass is 16.2. The summed E-state index contributed by atoms with van der Waals surface area (Å²) in [6.07, 6.45) is 5.08. The van der Waals surface area contributed by atoms with Crippen molar-refractivity contribution in [3.8, 4) is 0 Å². The Morgan fingerprint density at radius 3 is 2.75 bits per heavy atom. The van der Waals surface area contributed by atoms with Gasteiger partial charge in [-0.2, -0.15) is 0 Å². The maximum atomic E-state index is 12.9. The molecule has 0 aromatic carbocycles. The first-order chi connectivity index (χ1) is 13.2. The van der Waals surface area contributed by atoms with Crippen LogP contribution in [0.4, 0.5) is 0 Å². The molecule has 3 amide bonds. The van der Waals surface area contributed by atoms with Gasteiger partial charge in [0.2, 0.25) is 17.7 Å². The van der Waals surface area contributed by atoms with E-state index in [1.165, 1.54) is 11.2 Å². The molecule has 28 heavy (non-hydrogen) atoms. The Morgan fingerprint density at radius 1 is 1.39 bits per heavy atom. The number of aromatic nitrogens is 2. The molecule has 2 aliphatic rings. The smallest absolute Gasteiger partial charge is 0.249 e. The van der Waals surface area contributed by atoms with Gasteiger partial charge in [-0.3, -0.25) is 24.5 Å². The number of H-pyrrole nitrogens is 1. The number of Topliss-reactive ketones (excluding diaryl/α,β-unsaturated/α-hetero) is 1. The molecule has 3 atom stereocenters. The molecule has 4 N–H and O–H groups in total. The second kappa shape index (κ2) is 7.83. The van der Waals surface area contributed by atoms with Crippen molar-refractivity contribution in [3.63, 3.8) is 0 Å². The van der Waals surface area contributed by atoms with E-state index in [9.17, 15) is 19.2 Å². The summed E-state index contributed by atoms with van der Waals surface area (Å²) < 4.78 is 0. The first-order valence-corrected chi connectivity index (χ1v) is 9.59. The van der Waals surface area contributed by atoms with Gasteiger partial charge in [0.15, 0.2) is 0 Å². The molecule has 1 aromatic rings. The van der Waals surface area contributed by atoms with Gasteiger partial charge in [-0.25, -0.2) is 4.98 Å². The normalized spacial score (nSPS) is 25.0. The number of carbonyl (C=O) groups is 4. The van der Waals surface area contributed by atoms with Crippen molar-refractivity contribution in [3.05, 3.63) is 18.2 Å². The number of amides is 3. The molecule has 1 aliphatic heterocycles. The van der Waals surface area contributed by atoms with Crippen LogP contribution in [-0.4, -0.2) is 57.0 Å². The summed E-state index contributed by atoms with van der Waals surface area (Å²) in [7, 11) is 0. The van der Waals surface area contributed by atoms with Crippen LogP contribution in [0.25, 0.3) is 0 Å². The average Bonchev–Trinajstić information content (AvgIpc) is 3.34. The number of likely N-dealkylation sites (tertiary alicyclic amines) is 1. The third-order valence-electron chi connectivity index (χ3n) is 5.74. The van der Waals surface area contributed by atoms with Crippen molar-refractivity contribution in [2.45, 2.75) is 58.0 Å². The van der Waals surface area contributed by atoms with Crippen molar-refractivity contribution in [2.24, 2.45) is 17.1 Å². The molecule has 1 saturated heterocycles. The lowest BCUT2D eigenvalue weighted by atomic mass is 9.84. The molecule has 0 spiro atoms. The molecule has 9 heteroatoms. The molecule has 1 aromatic heterocycles. The summed E-state index contributed by atoms with van der Waals surface area (Å²) in [4.78, 5) is 58.0. The Morgan fingerprint density at radius 2 is 2.14 bits per heavy atom. The van der Waals surface area contributed by atoms with Crippen LogP contribution in [-0.2, 0) is 25.6 Å². The summed E-state index contributed by atoms with van der Waals surface area (Å²) in [6, 6.07) is -1.61. The number of rotatable bonds is 5. The van der Waals surface area contributed by atoms with Crippen LogP contribution in [0.3, 0.4) is 0 Å². The monoisotopic (exact) mass is 389 g/mol. The summed E-state index contributed by atoms with van der Waals surface area (Å²) in [6.45, 7) is 4.19. The Balaban J connectivity index is 1.69. The van der Waals surface area contributed by atoms with Gasteiger partial charge in [-0.15, -0.1) is 0 Å². The SMILES string of the molecule is CC1(C)CCN(C(=O)[C@@H](N)Cc2c[nH]cn2)[C@@H]1C(=O)NC(=O)[C@@H]1CCC(=O)C1. The first-order valence-electron chi connectivity index (χ1n) is 9.59. The Labute approximate surface area is 163 Å². The van der Waals surface area contributed by atoms with E-state index in [0.29, 0.717) is 31.5 Å². The van der Waals surface area contributed by atoms with Gasteiger partial charge < -0.3 is 15.6 Å². The number of carbonyl (C=O) groups excluding carboxylic acids is 4. The maximum absolute atomic E-state index is 12.9. The van der Waals surface area contributed by atoms with E-state index < -0.39 is 35.2 Å². The Hall–Kier alpha value is -2.55. The van der Waals surface area contributed by atoms with E-state index in [2.05, 4.69) is 15.3 Å². The highest BCUT2D eigenvalue weighted by Crippen LogP contribution is 2.37. The summed E-state index contributed by atoms with van der Waals surface area (Å²) in [5, 5.41) is 2.43. The van der Waals surface area contributed by atoms with E-state index in [1.54, 1.807) is 6.20 Å². The fourth-order valence-electron chi connectivity index (χ4n) is 4.09. The van der Waals surface area contributed by atoms with Crippen molar-refractivity contribution in [2.75, 3.05) is 6.54 Å². The van der Waals surface area contributed by atoms with E-state index in [1.807, 2.05) is 13.8 Å². The minimum Gasteiger partial charge on any atom is -0.351 e. The highest BCUT2D eigenvalue weighted by molar-refractivity contribution is 6.02. The average molecular weight is 389 g/mol. The second-order valence-corrected chi connectivity index (χ2v) is 8.38. The second-order valence-electron chi connectivity index (χ2n) is 8.38. The topological polar surface area (TPSA) is 138 Å². The number of hydrogen-bond acceptors (Lipinski definition) is 6. The van der Waals surface area contributed by atoms with Crippen LogP contribution >= 0.6 is 0 Å². The number of hydrogen-bond donors (Lipinski definition) is 3. The van der Waals surface area contributed by atoms with Gasteiger partial charge >= 0.3 is 0 Å². The van der Waals surface area contributed by atoms with Gasteiger partial charge in [0, 0.05) is 37.9 Å². The van der Waals surface area contributed by atoms with Crippen LogP contribution in [0.1, 0.15) is 45.2 Å².